The Kier molecular flexibility index (Phi) is 2.57. The maximum absolute atomic E-state index is 11.6. The molecule has 0 radical (unpaired) electrons. The van der Waals surface area contributed by atoms with Gasteiger partial charge in [-0.05, 0) is 11.6 Å². The molecular weight excluding hydrogens is 214 g/mol. The van der Waals surface area contributed by atoms with Crippen LogP contribution < -0.4 is 4.90 Å². The minimum atomic E-state index is -0.0202. The van der Waals surface area contributed by atoms with Crippen molar-refractivity contribution < 1.29 is 4.79 Å². The Bertz CT molecular complexity index is 423. The third kappa shape index (κ3) is 1.92. The standard InChI is InChI=1S/C10H8ClN3O/c1-2-7-3-9(15)14(6-7)8-4-12-10(11)13-5-8/h1,4-5,7H,3,6H2. The fraction of sp³-hybridized carbons (Fsp3) is 0.300. The van der Waals surface area contributed by atoms with Crippen molar-refractivity contribution in [2.24, 2.45) is 5.92 Å². The van der Waals surface area contributed by atoms with Crippen molar-refractivity contribution in [1.29, 1.82) is 0 Å². The Hall–Kier alpha value is -1.60. The number of aromatic nitrogens is 2. The minimum absolute atomic E-state index is 0.00359. The van der Waals surface area contributed by atoms with E-state index >= 15 is 0 Å². The van der Waals surface area contributed by atoms with Gasteiger partial charge in [0.1, 0.15) is 0 Å². The summed E-state index contributed by atoms with van der Waals surface area (Å²) in [6.45, 7) is 0.528. The number of carbonyl (C=O) groups excluding carboxylic acids is 1. The Morgan fingerprint density at radius 1 is 1.53 bits per heavy atom. The zero-order chi connectivity index (χ0) is 10.8. The molecule has 1 aliphatic rings. The molecule has 1 saturated heterocycles. The molecule has 0 bridgehead atoms. The first-order chi connectivity index (χ1) is 7.20. The molecule has 1 amide bonds. The van der Waals surface area contributed by atoms with Crippen molar-refractivity contribution in [2.75, 3.05) is 11.4 Å². The predicted molar refractivity (Wildman–Crippen MR) is 56.3 cm³/mol. The average Bonchev–Trinajstić information content (AvgIpc) is 2.61. The van der Waals surface area contributed by atoms with Crippen molar-refractivity contribution in [1.82, 2.24) is 9.97 Å². The molecule has 2 heterocycles. The summed E-state index contributed by atoms with van der Waals surface area (Å²) < 4.78 is 0. The van der Waals surface area contributed by atoms with Crippen molar-refractivity contribution in [3.05, 3.63) is 17.7 Å². The molecule has 0 saturated carbocycles. The summed E-state index contributed by atoms with van der Waals surface area (Å²) >= 11 is 5.55. The summed E-state index contributed by atoms with van der Waals surface area (Å²) in [6, 6.07) is 0. The largest absolute Gasteiger partial charge is 0.308 e. The van der Waals surface area contributed by atoms with Crippen LogP contribution in [0.5, 0.6) is 0 Å². The van der Waals surface area contributed by atoms with E-state index in [1.807, 2.05) is 0 Å². The molecule has 0 aliphatic carbocycles. The number of hydrogen-bond acceptors (Lipinski definition) is 3. The van der Waals surface area contributed by atoms with Crippen molar-refractivity contribution in [2.45, 2.75) is 6.42 Å². The van der Waals surface area contributed by atoms with Gasteiger partial charge in [-0.3, -0.25) is 4.79 Å². The summed E-state index contributed by atoms with van der Waals surface area (Å²) in [5, 5.41) is 0.166. The molecule has 0 N–H and O–H groups in total. The Balaban J connectivity index is 2.22. The van der Waals surface area contributed by atoms with E-state index in [9.17, 15) is 4.79 Å². The van der Waals surface area contributed by atoms with E-state index in [1.54, 1.807) is 4.90 Å². The van der Waals surface area contributed by atoms with E-state index in [0.29, 0.717) is 18.7 Å². The maximum atomic E-state index is 11.6. The van der Waals surface area contributed by atoms with Gasteiger partial charge in [-0.2, -0.15) is 0 Å². The van der Waals surface area contributed by atoms with Crippen LogP contribution in [0, 0.1) is 18.3 Å². The molecule has 1 aliphatic heterocycles. The van der Waals surface area contributed by atoms with Crippen LogP contribution in [0.3, 0.4) is 0 Å². The molecule has 15 heavy (non-hydrogen) atoms. The molecule has 4 nitrogen and oxygen atoms in total. The Morgan fingerprint density at radius 2 is 2.20 bits per heavy atom. The number of rotatable bonds is 1. The lowest BCUT2D eigenvalue weighted by Crippen LogP contribution is -2.24. The zero-order valence-electron chi connectivity index (χ0n) is 7.85. The number of hydrogen-bond donors (Lipinski definition) is 0. The highest BCUT2D eigenvalue weighted by Gasteiger charge is 2.29. The zero-order valence-corrected chi connectivity index (χ0v) is 8.61. The molecular formula is C10H8ClN3O. The fourth-order valence-corrected chi connectivity index (χ4v) is 1.61. The van der Waals surface area contributed by atoms with Crippen LogP contribution in [-0.4, -0.2) is 22.4 Å². The van der Waals surface area contributed by atoms with Gasteiger partial charge < -0.3 is 4.90 Å². The molecule has 1 atom stereocenters. The number of amides is 1. The number of halogens is 1. The number of anilines is 1. The molecule has 1 fully saturated rings. The quantitative estimate of drug-likeness (QED) is 0.527. The van der Waals surface area contributed by atoms with Gasteiger partial charge in [0.05, 0.1) is 18.1 Å². The summed E-state index contributed by atoms with van der Waals surface area (Å²) in [5.41, 5.74) is 0.641. The van der Waals surface area contributed by atoms with E-state index < -0.39 is 0 Å². The smallest absolute Gasteiger partial charge is 0.228 e. The summed E-state index contributed by atoms with van der Waals surface area (Å²) in [4.78, 5) is 20.8. The average molecular weight is 222 g/mol. The van der Waals surface area contributed by atoms with Crippen LogP contribution in [0.4, 0.5) is 5.69 Å². The highest BCUT2D eigenvalue weighted by Crippen LogP contribution is 2.23. The molecule has 0 aromatic carbocycles. The Morgan fingerprint density at radius 3 is 2.73 bits per heavy atom. The van der Waals surface area contributed by atoms with Gasteiger partial charge >= 0.3 is 0 Å². The fourth-order valence-electron chi connectivity index (χ4n) is 1.51. The van der Waals surface area contributed by atoms with Gasteiger partial charge in [0.15, 0.2) is 0 Å². The molecule has 1 unspecified atom stereocenters. The normalized spacial score (nSPS) is 20.4. The summed E-state index contributed by atoms with van der Waals surface area (Å²) in [6.07, 6.45) is 8.71. The van der Waals surface area contributed by atoms with Gasteiger partial charge in [-0.1, -0.05) is 0 Å². The minimum Gasteiger partial charge on any atom is -0.308 e. The third-order valence-corrected chi connectivity index (χ3v) is 2.47. The van der Waals surface area contributed by atoms with E-state index in [0.717, 1.165) is 0 Å². The number of carbonyl (C=O) groups is 1. The van der Waals surface area contributed by atoms with Crippen molar-refractivity contribution in [3.63, 3.8) is 0 Å². The second-order valence-corrected chi connectivity index (χ2v) is 3.62. The number of nitrogens with zero attached hydrogens (tertiary/aromatic N) is 3. The van der Waals surface area contributed by atoms with Crippen molar-refractivity contribution in [3.8, 4) is 12.3 Å². The van der Waals surface area contributed by atoms with Crippen LogP contribution >= 0.6 is 11.6 Å². The van der Waals surface area contributed by atoms with E-state index in [2.05, 4.69) is 15.9 Å². The highest BCUT2D eigenvalue weighted by atomic mass is 35.5. The molecule has 2 rings (SSSR count). The topological polar surface area (TPSA) is 46.1 Å². The second kappa shape index (κ2) is 3.87. The summed E-state index contributed by atoms with van der Waals surface area (Å²) in [7, 11) is 0. The predicted octanol–water partition coefficient (Wildman–Crippen LogP) is 1.12. The monoisotopic (exact) mass is 221 g/mol. The van der Waals surface area contributed by atoms with E-state index in [-0.39, 0.29) is 17.1 Å². The highest BCUT2D eigenvalue weighted by molar-refractivity contribution is 6.28. The SMILES string of the molecule is C#CC1CC(=O)N(c2cnc(Cl)nc2)C1. The Labute approximate surface area is 92.3 Å². The summed E-state index contributed by atoms with van der Waals surface area (Å²) in [5.74, 6) is 2.56. The first-order valence-electron chi connectivity index (χ1n) is 4.44. The molecule has 1 aromatic rings. The van der Waals surface area contributed by atoms with Gasteiger partial charge in [-0.25, -0.2) is 9.97 Å². The number of terminal acetylenes is 1. The van der Waals surface area contributed by atoms with E-state index in [1.165, 1.54) is 12.4 Å². The molecule has 1 aromatic heterocycles. The first kappa shape index (κ1) is 9.94. The van der Waals surface area contributed by atoms with Crippen LogP contribution in [0.15, 0.2) is 12.4 Å². The second-order valence-electron chi connectivity index (χ2n) is 3.28. The third-order valence-electron chi connectivity index (χ3n) is 2.28. The van der Waals surface area contributed by atoms with Gasteiger partial charge in [0.2, 0.25) is 11.2 Å². The van der Waals surface area contributed by atoms with Gasteiger partial charge in [0, 0.05) is 18.9 Å². The van der Waals surface area contributed by atoms with Crippen LogP contribution in [-0.2, 0) is 4.79 Å². The lowest BCUT2D eigenvalue weighted by molar-refractivity contribution is -0.117. The maximum Gasteiger partial charge on any atom is 0.228 e. The molecule has 5 heteroatoms. The lowest BCUT2D eigenvalue weighted by atomic mass is 10.1. The van der Waals surface area contributed by atoms with Crippen molar-refractivity contribution >= 4 is 23.2 Å². The lowest BCUT2D eigenvalue weighted by Gasteiger charge is -2.14. The van der Waals surface area contributed by atoms with Gasteiger partial charge in [0.25, 0.3) is 0 Å². The van der Waals surface area contributed by atoms with E-state index in [4.69, 9.17) is 18.0 Å². The van der Waals surface area contributed by atoms with Crippen LogP contribution in [0.1, 0.15) is 6.42 Å². The molecule has 0 spiro atoms. The van der Waals surface area contributed by atoms with Crippen LogP contribution in [0.25, 0.3) is 0 Å². The van der Waals surface area contributed by atoms with Crippen LogP contribution in [0.2, 0.25) is 5.28 Å². The molecule has 76 valence electrons. The van der Waals surface area contributed by atoms with Gasteiger partial charge in [-0.15, -0.1) is 12.3 Å². The first-order valence-corrected chi connectivity index (χ1v) is 4.82.